The summed E-state index contributed by atoms with van der Waals surface area (Å²) in [6.45, 7) is 0. The van der Waals surface area contributed by atoms with E-state index in [1.165, 1.54) is 16.4 Å². The number of nitrogens with zero attached hydrogens (tertiary/aromatic N) is 1. The van der Waals surface area contributed by atoms with Crippen LogP contribution in [0, 0.1) is 5.92 Å². The van der Waals surface area contributed by atoms with Gasteiger partial charge in [-0.1, -0.05) is 49.1 Å². The van der Waals surface area contributed by atoms with E-state index in [-0.39, 0.29) is 23.7 Å². The highest BCUT2D eigenvalue weighted by molar-refractivity contribution is 7.92. The first-order valence-corrected chi connectivity index (χ1v) is 12.9. The van der Waals surface area contributed by atoms with Gasteiger partial charge in [0.2, 0.25) is 5.91 Å². The maximum absolute atomic E-state index is 13.9. The number of anilines is 1. The highest BCUT2D eigenvalue weighted by atomic mass is 35.5. The SMILES string of the molecule is NC(=O)CC(C1CCCCC1)N(c1ccc(CCC(=O)O)cc1)S(=O)(=O)c1cccc(Cl)c1. The number of halogens is 1. The van der Waals surface area contributed by atoms with Crippen molar-refractivity contribution in [3.63, 3.8) is 0 Å². The molecule has 0 saturated heterocycles. The quantitative estimate of drug-likeness (QED) is 0.510. The van der Waals surface area contributed by atoms with Gasteiger partial charge in [-0.2, -0.15) is 0 Å². The number of carbonyl (C=O) groups is 2. The van der Waals surface area contributed by atoms with Gasteiger partial charge in [0.25, 0.3) is 10.0 Å². The Morgan fingerprint density at radius 3 is 2.33 bits per heavy atom. The fourth-order valence-corrected chi connectivity index (χ4v) is 6.49. The number of benzene rings is 2. The van der Waals surface area contributed by atoms with Gasteiger partial charge in [0, 0.05) is 17.9 Å². The molecule has 33 heavy (non-hydrogen) atoms. The van der Waals surface area contributed by atoms with Gasteiger partial charge < -0.3 is 10.8 Å². The molecule has 1 aliphatic rings. The van der Waals surface area contributed by atoms with E-state index in [9.17, 15) is 18.0 Å². The summed E-state index contributed by atoms with van der Waals surface area (Å²) in [5.74, 6) is -1.47. The van der Waals surface area contributed by atoms with Crippen molar-refractivity contribution >= 4 is 39.2 Å². The van der Waals surface area contributed by atoms with Gasteiger partial charge in [-0.15, -0.1) is 0 Å². The van der Waals surface area contributed by atoms with Crippen molar-refractivity contribution in [3.05, 3.63) is 59.1 Å². The summed E-state index contributed by atoms with van der Waals surface area (Å²) in [4.78, 5) is 23.0. The standard InChI is InChI=1S/C24H29ClN2O5S/c25-19-7-4-8-21(15-19)33(31,32)27(20-12-9-17(10-13-20)11-14-24(29)30)22(16-23(26)28)18-5-2-1-3-6-18/h4,7-10,12-13,15,18,22H,1-3,5-6,11,14,16H2,(H2,26,28)(H,29,30). The summed E-state index contributed by atoms with van der Waals surface area (Å²) < 4.78 is 29.1. The summed E-state index contributed by atoms with van der Waals surface area (Å²) in [5.41, 5.74) is 6.77. The third-order valence-electron chi connectivity index (χ3n) is 6.08. The monoisotopic (exact) mass is 492 g/mol. The van der Waals surface area contributed by atoms with Gasteiger partial charge in [0.15, 0.2) is 0 Å². The molecule has 2 aromatic carbocycles. The van der Waals surface area contributed by atoms with Crippen LogP contribution in [0.4, 0.5) is 5.69 Å². The number of carbonyl (C=O) groups excluding carboxylic acids is 1. The minimum Gasteiger partial charge on any atom is -0.481 e. The summed E-state index contributed by atoms with van der Waals surface area (Å²) in [5, 5.41) is 9.23. The lowest BCUT2D eigenvalue weighted by atomic mass is 9.82. The van der Waals surface area contributed by atoms with Crippen LogP contribution in [0.5, 0.6) is 0 Å². The van der Waals surface area contributed by atoms with Crippen molar-refractivity contribution in [1.29, 1.82) is 0 Å². The second-order valence-electron chi connectivity index (χ2n) is 8.45. The second-order valence-corrected chi connectivity index (χ2v) is 10.7. The fourth-order valence-electron chi connectivity index (χ4n) is 4.48. The van der Waals surface area contributed by atoms with Crippen LogP contribution >= 0.6 is 11.6 Å². The number of nitrogens with two attached hydrogens (primary N) is 1. The van der Waals surface area contributed by atoms with Crippen LogP contribution in [0.2, 0.25) is 5.02 Å². The first-order chi connectivity index (χ1) is 15.7. The van der Waals surface area contributed by atoms with Crippen LogP contribution in [-0.2, 0) is 26.0 Å². The first-order valence-electron chi connectivity index (χ1n) is 11.1. The number of rotatable bonds is 10. The molecule has 0 heterocycles. The zero-order valence-corrected chi connectivity index (χ0v) is 19.9. The van der Waals surface area contributed by atoms with Crippen molar-refractivity contribution in [2.75, 3.05) is 4.31 Å². The summed E-state index contributed by atoms with van der Waals surface area (Å²) in [7, 11) is -4.06. The third-order valence-corrected chi connectivity index (χ3v) is 8.16. The van der Waals surface area contributed by atoms with E-state index in [2.05, 4.69) is 0 Å². The van der Waals surface area contributed by atoms with Gasteiger partial charge >= 0.3 is 5.97 Å². The maximum atomic E-state index is 13.9. The summed E-state index contributed by atoms with van der Waals surface area (Å²) >= 11 is 6.09. The lowest BCUT2D eigenvalue weighted by Gasteiger charge is -2.39. The Morgan fingerprint density at radius 2 is 1.76 bits per heavy atom. The molecule has 0 radical (unpaired) electrons. The zero-order valence-electron chi connectivity index (χ0n) is 18.3. The number of carboxylic acid groups (broad SMARTS) is 1. The molecule has 1 aliphatic carbocycles. The van der Waals surface area contributed by atoms with E-state index < -0.39 is 27.9 Å². The highest BCUT2D eigenvalue weighted by Crippen LogP contribution is 2.37. The van der Waals surface area contributed by atoms with Crippen molar-refractivity contribution < 1.29 is 23.1 Å². The predicted octanol–water partition coefficient (Wildman–Crippen LogP) is 4.38. The van der Waals surface area contributed by atoms with E-state index in [1.807, 2.05) is 0 Å². The molecule has 7 nitrogen and oxygen atoms in total. The van der Waals surface area contributed by atoms with Crippen LogP contribution in [0.3, 0.4) is 0 Å². The smallest absolute Gasteiger partial charge is 0.303 e. The fraction of sp³-hybridized carbons (Fsp3) is 0.417. The van der Waals surface area contributed by atoms with E-state index in [1.54, 1.807) is 36.4 Å². The van der Waals surface area contributed by atoms with E-state index >= 15 is 0 Å². The number of primary amides is 1. The van der Waals surface area contributed by atoms with Crippen LogP contribution in [-0.4, -0.2) is 31.4 Å². The van der Waals surface area contributed by atoms with Gasteiger partial charge in [-0.25, -0.2) is 8.42 Å². The third kappa shape index (κ3) is 6.48. The molecule has 178 valence electrons. The molecule has 1 amide bonds. The molecule has 3 rings (SSSR count). The minimum atomic E-state index is -4.06. The number of aryl methyl sites for hydroxylation is 1. The molecule has 0 spiro atoms. The number of sulfonamides is 1. The van der Waals surface area contributed by atoms with Crippen molar-refractivity contribution in [1.82, 2.24) is 0 Å². The van der Waals surface area contributed by atoms with Crippen LogP contribution < -0.4 is 10.0 Å². The normalized spacial score (nSPS) is 15.7. The van der Waals surface area contributed by atoms with E-state index in [0.29, 0.717) is 17.1 Å². The van der Waals surface area contributed by atoms with E-state index in [4.69, 9.17) is 22.4 Å². The summed E-state index contributed by atoms with van der Waals surface area (Å²) in [6.07, 6.45) is 4.88. The highest BCUT2D eigenvalue weighted by Gasteiger charge is 2.38. The molecule has 9 heteroatoms. The summed E-state index contributed by atoms with van der Waals surface area (Å²) in [6, 6.07) is 12.2. The Kier molecular flexibility index (Phi) is 8.37. The number of hydrogen-bond acceptors (Lipinski definition) is 4. The molecule has 0 aliphatic heterocycles. The molecule has 1 fully saturated rings. The van der Waals surface area contributed by atoms with Crippen molar-refractivity contribution in [2.45, 2.75) is 62.3 Å². The number of amides is 1. The second kappa shape index (κ2) is 11.0. The molecule has 1 saturated carbocycles. The van der Waals surface area contributed by atoms with E-state index in [0.717, 1.165) is 37.7 Å². The molecule has 3 N–H and O–H groups in total. The first kappa shape index (κ1) is 25.1. The average Bonchev–Trinajstić information content (AvgIpc) is 2.78. The molecule has 2 aromatic rings. The minimum absolute atomic E-state index is 0.00750. The molecule has 0 bridgehead atoms. The van der Waals surface area contributed by atoms with Gasteiger partial charge in [-0.3, -0.25) is 13.9 Å². The molecular weight excluding hydrogens is 464 g/mol. The Bertz CT molecular complexity index is 1080. The van der Waals surface area contributed by atoms with Crippen molar-refractivity contribution in [2.24, 2.45) is 11.7 Å². The predicted molar refractivity (Wildman–Crippen MR) is 128 cm³/mol. The lowest BCUT2D eigenvalue weighted by molar-refractivity contribution is -0.137. The Morgan fingerprint density at radius 1 is 1.09 bits per heavy atom. The largest absolute Gasteiger partial charge is 0.481 e. The van der Waals surface area contributed by atoms with Crippen LogP contribution in [0.1, 0.15) is 50.5 Å². The molecular formula is C24H29ClN2O5S. The Labute approximate surface area is 199 Å². The maximum Gasteiger partial charge on any atom is 0.303 e. The van der Waals surface area contributed by atoms with Crippen molar-refractivity contribution in [3.8, 4) is 0 Å². The van der Waals surface area contributed by atoms with Crippen LogP contribution in [0.15, 0.2) is 53.4 Å². The number of aliphatic carboxylic acids is 1. The zero-order chi connectivity index (χ0) is 24.0. The van der Waals surface area contributed by atoms with Gasteiger partial charge in [0.05, 0.1) is 16.6 Å². The molecule has 0 aromatic heterocycles. The number of hydrogen-bond donors (Lipinski definition) is 2. The Balaban J connectivity index is 2.08. The average molecular weight is 493 g/mol. The number of carboxylic acids is 1. The van der Waals surface area contributed by atoms with Gasteiger partial charge in [0.1, 0.15) is 0 Å². The van der Waals surface area contributed by atoms with Gasteiger partial charge in [-0.05, 0) is 61.1 Å². The Hall–Kier alpha value is -2.58. The molecule has 1 atom stereocenters. The molecule has 1 unspecified atom stereocenters. The lowest BCUT2D eigenvalue weighted by Crippen LogP contribution is -2.47. The van der Waals surface area contributed by atoms with Crippen LogP contribution in [0.25, 0.3) is 0 Å². The topological polar surface area (TPSA) is 118 Å².